The van der Waals surface area contributed by atoms with E-state index < -0.39 is 12.2 Å². The third kappa shape index (κ3) is 2.70. The molecule has 0 fully saturated rings. The lowest BCUT2D eigenvalue weighted by molar-refractivity contribution is 0.0166. The van der Waals surface area contributed by atoms with E-state index in [9.17, 15) is 10.2 Å². The standard InChI is InChI=1S/C10H15NO2S/c1-7-8(3-2-5-11-7)10(13)9(12)4-6-14/h2-3,5,9-10,12-14H,4,6H2,1H3. The Labute approximate surface area is 89.2 Å². The molecule has 78 valence electrons. The van der Waals surface area contributed by atoms with Crippen molar-refractivity contribution in [2.75, 3.05) is 5.75 Å². The van der Waals surface area contributed by atoms with Gasteiger partial charge < -0.3 is 10.2 Å². The molecule has 1 rings (SSSR count). The molecule has 0 radical (unpaired) electrons. The van der Waals surface area contributed by atoms with E-state index in [1.54, 1.807) is 18.3 Å². The lowest BCUT2D eigenvalue weighted by Gasteiger charge is -2.18. The molecule has 2 unspecified atom stereocenters. The van der Waals surface area contributed by atoms with Crippen molar-refractivity contribution in [3.05, 3.63) is 29.6 Å². The Hall–Kier alpha value is -0.580. The van der Waals surface area contributed by atoms with E-state index in [0.717, 1.165) is 5.69 Å². The average Bonchev–Trinajstić information content (AvgIpc) is 2.18. The predicted molar refractivity (Wildman–Crippen MR) is 58.4 cm³/mol. The molecule has 0 saturated heterocycles. The molecule has 14 heavy (non-hydrogen) atoms. The Morgan fingerprint density at radius 3 is 2.79 bits per heavy atom. The fourth-order valence-electron chi connectivity index (χ4n) is 1.31. The van der Waals surface area contributed by atoms with Gasteiger partial charge in [0.05, 0.1) is 6.10 Å². The lowest BCUT2D eigenvalue weighted by atomic mass is 10.0. The zero-order valence-electron chi connectivity index (χ0n) is 8.09. The first kappa shape index (κ1) is 11.5. The Morgan fingerprint density at radius 2 is 2.21 bits per heavy atom. The molecule has 0 aliphatic carbocycles. The Morgan fingerprint density at radius 1 is 1.50 bits per heavy atom. The Kier molecular flexibility index (Phi) is 4.38. The van der Waals surface area contributed by atoms with Crippen molar-refractivity contribution in [2.24, 2.45) is 0 Å². The molecule has 0 spiro atoms. The highest BCUT2D eigenvalue weighted by atomic mass is 32.1. The topological polar surface area (TPSA) is 53.4 Å². The highest BCUT2D eigenvalue weighted by Crippen LogP contribution is 2.20. The molecule has 0 saturated carbocycles. The molecule has 0 bridgehead atoms. The largest absolute Gasteiger partial charge is 0.390 e. The zero-order valence-corrected chi connectivity index (χ0v) is 8.98. The number of aliphatic hydroxyl groups is 2. The van der Waals surface area contributed by atoms with Gasteiger partial charge in [-0.2, -0.15) is 12.6 Å². The maximum absolute atomic E-state index is 9.78. The second-order valence-corrected chi connectivity index (χ2v) is 3.65. The minimum absolute atomic E-state index is 0.471. The summed E-state index contributed by atoms with van der Waals surface area (Å²) in [6, 6.07) is 3.52. The van der Waals surface area contributed by atoms with Gasteiger partial charge in [0.15, 0.2) is 0 Å². The van der Waals surface area contributed by atoms with Crippen LogP contribution in [0.3, 0.4) is 0 Å². The summed E-state index contributed by atoms with van der Waals surface area (Å²) in [6.45, 7) is 1.81. The molecule has 0 amide bonds. The Balaban J connectivity index is 2.78. The van der Waals surface area contributed by atoms with Gasteiger partial charge in [0.2, 0.25) is 0 Å². The summed E-state index contributed by atoms with van der Waals surface area (Å²) in [6.07, 6.45) is 0.501. The molecule has 3 nitrogen and oxygen atoms in total. The number of nitrogens with zero attached hydrogens (tertiary/aromatic N) is 1. The van der Waals surface area contributed by atoms with E-state index in [1.807, 2.05) is 6.92 Å². The van der Waals surface area contributed by atoms with Gasteiger partial charge in [0.25, 0.3) is 0 Å². The van der Waals surface area contributed by atoms with Crippen molar-refractivity contribution in [3.63, 3.8) is 0 Å². The van der Waals surface area contributed by atoms with Gasteiger partial charge in [0.1, 0.15) is 6.10 Å². The summed E-state index contributed by atoms with van der Waals surface area (Å²) >= 11 is 4.01. The smallest absolute Gasteiger partial charge is 0.107 e. The molecular weight excluding hydrogens is 198 g/mol. The predicted octanol–water partition coefficient (Wildman–Crippen LogP) is 1.10. The van der Waals surface area contributed by atoms with Crippen LogP contribution in [0.1, 0.15) is 23.8 Å². The van der Waals surface area contributed by atoms with Crippen molar-refractivity contribution in [3.8, 4) is 0 Å². The van der Waals surface area contributed by atoms with Crippen molar-refractivity contribution >= 4 is 12.6 Å². The van der Waals surface area contributed by atoms with Crippen molar-refractivity contribution in [2.45, 2.75) is 25.6 Å². The van der Waals surface area contributed by atoms with Crippen LogP contribution in [0.4, 0.5) is 0 Å². The van der Waals surface area contributed by atoms with Gasteiger partial charge in [-0.3, -0.25) is 4.98 Å². The minimum atomic E-state index is -0.865. The number of thiol groups is 1. The summed E-state index contributed by atoms with van der Waals surface area (Å²) in [5, 5.41) is 19.3. The molecule has 2 atom stereocenters. The third-order valence-corrected chi connectivity index (χ3v) is 2.41. The summed E-state index contributed by atoms with van der Waals surface area (Å²) in [5.41, 5.74) is 1.43. The van der Waals surface area contributed by atoms with E-state index in [1.165, 1.54) is 0 Å². The number of hydrogen-bond acceptors (Lipinski definition) is 4. The molecular formula is C10H15NO2S. The van der Waals surface area contributed by atoms with E-state index in [2.05, 4.69) is 17.6 Å². The van der Waals surface area contributed by atoms with Crippen LogP contribution in [0, 0.1) is 6.92 Å². The molecule has 1 aromatic rings. The maximum Gasteiger partial charge on any atom is 0.107 e. The summed E-state index contributed by atoms with van der Waals surface area (Å²) in [4.78, 5) is 4.05. The number of aliphatic hydroxyl groups excluding tert-OH is 2. The van der Waals surface area contributed by atoms with E-state index in [0.29, 0.717) is 17.7 Å². The summed E-state index contributed by atoms with van der Waals surface area (Å²) in [7, 11) is 0. The third-order valence-electron chi connectivity index (χ3n) is 2.16. The fourth-order valence-corrected chi connectivity index (χ4v) is 1.57. The molecule has 4 heteroatoms. The first-order valence-corrected chi connectivity index (χ1v) is 5.18. The quantitative estimate of drug-likeness (QED) is 0.657. The molecule has 2 N–H and O–H groups in total. The van der Waals surface area contributed by atoms with E-state index in [-0.39, 0.29) is 0 Å². The number of hydrogen-bond donors (Lipinski definition) is 3. The van der Waals surface area contributed by atoms with Gasteiger partial charge in [-0.15, -0.1) is 0 Å². The molecule has 0 aliphatic heterocycles. The van der Waals surface area contributed by atoms with Crippen LogP contribution in [0.2, 0.25) is 0 Å². The van der Waals surface area contributed by atoms with Crippen LogP contribution in [-0.2, 0) is 0 Å². The second-order valence-electron chi connectivity index (χ2n) is 3.20. The van der Waals surface area contributed by atoms with Crippen LogP contribution < -0.4 is 0 Å². The van der Waals surface area contributed by atoms with Crippen LogP contribution >= 0.6 is 12.6 Å². The summed E-state index contributed by atoms with van der Waals surface area (Å²) < 4.78 is 0. The average molecular weight is 213 g/mol. The van der Waals surface area contributed by atoms with Crippen LogP contribution in [0.25, 0.3) is 0 Å². The fraction of sp³-hybridized carbons (Fsp3) is 0.500. The van der Waals surface area contributed by atoms with Crippen LogP contribution in [-0.4, -0.2) is 27.1 Å². The molecule has 1 heterocycles. The van der Waals surface area contributed by atoms with Crippen molar-refractivity contribution in [1.29, 1.82) is 0 Å². The lowest BCUT2D eigenvalue weighted by Crippen LogP contribution is -2.19. The number of aromatic nitrogens is 1. The van der Waals surface area contributed by atoms with Gasteiger partial charge in [0, 0.05) is 17.5 Å². The van der Waals surface area contributed by atoms with Crippen LogP contribution in [0.15, 0.2) is 18.3 Å². The molecule has 1 aromatic heterocycles. The zero-order chi connectivity index (χ0) is 10.6. The van der Waals surface area contributed by atoms with Crippen molar-refractivity contribution in [1.82, 2.24) is 4.98 Å². The first-order chi connectivity index (χ1) is 6.66. The van der Waals surface area contributed by atoms with Gasteiger partial charge in [-0.25, -0.2) is 0 Å². The van der Waals surface area contributed by atoms with Gasteiger partial charge in [-0.1, -0.05) is 6.07 Å². The highest BCUT2D eigenvalue weighted by Gasteiger charge is 2.19. The maximum atomic E-state index is 9.78. The SMILES string of the molecule is Cc1ncccc1C(O)C(O)CCS. The number of pyridine rings is 1. The normalized spacial score (nSPS) is 15.1. The van der Waals surface area contributed by atoms with E-state index >= 15 is 0 Å². The van der Waals surface area contributed by atoms with Crippen LogP contribution in [0.5, 0.6) is 0 Å². The summed E-state index contributed by atoms with van der Waals surface area (Å²) in [5.74, 6) is 0.553. The number of aryl methyl sites for hydroxylation is 1. The van der Waals surface area contributed by atoms with Crippen molar-refractivity contribution < 1.29 is 10.2 Å². The molecule has 0 aliphatic rings. The van der Waals surface area contributed by atoms with E-state index in [4.69, 9.17) is 0 Å². The number of rotatable bonds is 4. The van der Waals surface area contributed by atoms with Gasteiger partial charge >= 0.3 is 0 Å². The minimum Gasteiger partial charge on any atom is -0.390 e. The first-order valence-electron chi connectivity index (χ1n) is 4.55. The Bertz CT molecular complexity index is 293. The second kappa shape index (κ2) is 5.34. The van der Waals surface area contributed by atoms with Gasteiger partial charge in [-0.05, 0) is 25.2 Å². The molecule has 0 aromatic carbocycles. The monoisotopic (exact) mass is 213 g/mol. The highest BCUT2D eigenvalue weighted by molar-refractivity contribution is 7.80.